The summed E-state index contributed by atoms with van der Waals surface area (Å²) in [5.41, 5.74) is 3.02. The molecule has 0 aliphatic heterocycles. The van der Waals surface area contributed by atoms with Crippen molar-refractivity contribution in [1.82, 2.24) is 15.0 Å². The standard InChI is InChI=1S/C35H21N3S/c1-3-14-24-22(10-1)12-7-17-26(24)33-36-34(27-18-8-13-23-11-2-4-15-25(23)27)38-35(37-33)29-19-9-21-31-32(29)28-16-5-6-20-30(28)39-31/h1-21H. The van der Waals surface area contributed by atoms with Gasteiger partial charge in [-0.3, -0.25) is 0 Å². The Labute approximate surface area is 229 Å². The van der Waals surface area contributed by atoms with Gasteiger partial charge in [-0.15, -0.1) is 11.3 Å². The molecule has 0 fully saturated rings. The molecule has 182 valence electrons. The molecule has 4 heteroatoms. The van der Waals surface area contributed by atoms with E-state index in [1.807, 2.05) is 0 Å². The number of thiophene rings is 1. The van der Waals surface area contributed by atoms with E-state index in [4.69, 9.17) is 15.0 Å². The zero-order valence-corrected chi connectivity index (χ0v) is 21.7. The van der Waals surface area contributed by atoms with E-state index in [9.17, 15) is 0 Å². The predicted molar refractivity (Wildman–Crippen MR) is 164 cm³/mol. The average Bonchev–Trinajstić information content (AvgIpc) is 3.39. The number of benzene rings is 6. The molecule has 0 aliphatic carbocycles. The number of rotatable bonds is 3. The van der Waals surface area contributed by atoms with Crippen molar-refractivity contribution < 1.29 is 0 Å². The molecule has 0 atom stereocenters. The van der Waals surface area contributed by atoms with Crippen molar-refractivity contribution in [3.8, 4) is 34.2 Å². The second-order valence-electron chi connectivity index (χ2n) is 9.64. The topological polar surface area (TPSA) is 38.7 Å². The minimum absolute atomic E-state index is 0.677. The summed E-state index contributed by atoms with van der Waals surface area (Å²) in [5, 5.41) is 6.99. The van der Waals surface area contributed by atoms with Crippen LogP contribution in [0, 0.1) is 0 Å². The third-order valence-electron chi connectivity index (χ3n) is 7.34. The maximum Gasteiger partial charge on any atom is 0.164 e. The zero-order chi connectivity index (χ0) is 25.8. The van der Waals surface area contributed by atoms with Gasteiger partial charge < -0.3 is 0 Å². The van der Waals surface area contributed by atoms with E-state index in [-0.39, 0.29) is 0 Å². The van der Waals surface area contributed by atoms with Gasteiger partial charge in [-0.2, -0.15) is 0 Å². The summed E-state index contributed by atoms with van der Waals surface area (Å²) < 4.78 is 2.49. The Hall–Kier alpha value is -4.93. The molecule has 0 saturated carbocycles. The molecular formula is C35H21N3S. The summed E-state index contributed by atoms with van der Waals surface area (Å²) >= 11 is 1.80. The van der Waals surface area contributed by atoms with Crippen LogP contribution in [0.25, 0.3) is 75.9 Å². The first-order chi connectivity index (χ1) is 19.3. The maximum absolute atomic E-state index is 5.15. The van der Waals surface area contributed by atoms with Crippen molar-refractivity contribution in [2.24, 2.45) is 0 Å². The van der Waals surface area contributed by atoms with Crippen LogP contribution >= 0.6 is 11.3 Å². The smallest absolute Gasteiger partial charge is 0.164 e. The van der Waals surface area contributed by atoms with E-state index in [0.29, 0.717) is 17.5 Å². The Balaban J connectivity index is 1.47. The van der Waals surface area contributed by atoms with Gasteiger partial charge in [0.25, 0.3) is 0 Å². The third-order valence-corrected chi connectivity index (χ3v) is 8.48. The fraction of sp³-hybridized carbons (Fsp3) is 0. The number of nitrogens with zero attached hydrogens (tertiary/aromatic N) is 3. The molecule has 6 aromatic carbocycles. The van der Waals surface area contributed by atoms with Crippen molar-refractivity contribution in [3.05, 3.63) is 127 Å². The summed E-state index contributed by atoms with van der Waals surface area (Å²) in [4.78, 5) is 15.4. The molecule has 0 spiro atoms. The maximum atomic E-state index is 5.15. The monoisotopic (exact) mass is 515 g/mol. The molecule has 0 aliphatic rings. The second-order valence-corrected chi connectivity index (χ2v) is 10.7. The van der Waals surface area contributed by atoms with Crippen molar-refractivity contribution in [1.29, 1.82) is 0 Å². The van der Waals surface area contributed by atoms with Gasteiger partial charge in [0.1, 0.15) is 0 Å². The van der Waals surface area contributed by atoms with Gasteiger partial charge in [-0.1, -0.05) is 115 Å². The van der Waals surface area contributed by atoms with E-state index in [1.165, 1.54) is 20.2 Å². The molecule has 2 aromatic heterocycles. The summed E-state index contributed by atoms with van der Waals surface area (Å²) in [5.74, 6) is 2.04. The Kier molecular flexibility index (Phi) is 5.00. The number of hydrogen-bond acceptors (Lipinski definition) is 4. The minimum Gasteiger partial charge on any atom is -0.208 e. The van der Waals surface area contributed by atoms with Crippen molar-refractivity contribution in [3.63, 3.8) is 0 Å². The van der Waals surface area contributed by atoms with E-state index in [1.54, 1.807) is 11.3 Å². The van der Waals surface area contributed by atoms with Crippen LogP contribution < -0.4 is 0 Å². The van der Waals surface area contributed by atoms with Crippen molar-refractivity contribution >= 4 is 53.1 Å². The first-order valence-electron chi connectivity index (χ1n) is 13.0. The minimum atomic E-state index is 0.677. The lowest BCUT2D eigenvalue weighted by Gasteiger charge is -2.12. The zero-order valence-electron chi connectivity index (χ0n) is 20.9. The Morgan fingerprint density at radius 2 is 0.795 bits per heavy atom. The average molecular weight is 516 g/mol. The highest BCUT2D eigenvalue weighted by Crippen LogP contribution is 2.40. The summed E-state index contributed by atoms with van der Waals surface area (Å²) in [7, 11) is 0. The molecule has 0 saturated heterocycles. The van der Waals surface area contributed by atoms with Crippen LogP contribution in [0.1, 0.15) is 0 Å². The van der Waals surface area contributed by atoms with Gasteiger partial charge in [0, 0.05) is 36.9 Å². The highest BCUT2D eigenvalue weighted by Gasteiger charge is 2.18. The van der Waals surface area contributed by atoms with Gasteiger partial charge in [-0.25, -0.2) is 15.0 Å². The summed E-state index contributed by atoms with van der Waals surface area (Å²) in [6.45, 7) is 0. The first-order valence-corrected chi connectivity index (χ1v) is 13.8. The highest BCUT2D eigenvalue weighted by molar-refractivity contribution is 7.25. The van der Waals surface area contributed by atoms with Gasteiger partial charge in [0.15, 0.2) is 17.5 Å². The van der Waals surface area contributed by atoms with Gasteiger partial charge in [0.05, 0.1) is 0 Å². The summed E-state index contributed by atoms with van der Waals surface area (Å²) in [6.07, 6.45) is 0. The van der Waals surface area contributed by atoms with Crippen LogP contribution in [0.3, 0.4) is 0 Å². The molecule has 0 unspecified atom stereocenters. The van der Waals surface area contributed by atoms with Gasteiger partial charge in [-0.05, 0) is 33.7 Å². The molecular weight excluding hydrogens is 494 g/mol. The van der Waals surface area contributed by atoms with Crippen LogP contribution in [0.5, 0.6) is 0 Å². The molecule has 3 nitrogen and oxygen atoms in total. The van der Waals surface area contributed by atoms with Crippen LogP contribution in [0.4, 0.5) is 0 Å². The molecule has 0 radical (unpaired) electrons. The molecule has 8 rings (SSSR count). The fourth-order valence-corrected chi connectivity index (χ4v) is 6.67. The Bertz CT molecular complexity index is 2090. The van der Waals surface area contributed by atoms with Crippen LogP contribution in [-0.4, -0.2) is 15.0 Å². The van der Waals surface area contributed by atoms with E-state index in [2.05, 4.69) is 127 Å². The predicted octanol–water partition coefficient (Wildman–Crippen LogP) is 9.55. The molecule has 0 N–H and O–H groups in total. The van der Waals surface area contributed by atoms with E-state index in [0.717, 1.165) is 38.2 Å². The fourth-order valence-electron chi connectivity index (χ4n) is 5.54. The van der Waals surface area contributed by atoms with Gasteiger partial charge >= 0.3 is 0 Å². The normalized spacial score (nSPS) is 11.6. The van der Waals surface area contributed by atoms with Crippen LogP contribution in [-0.2, 0) is 0 Å². The van der Waals surface area contributed by atoms with Crippen molar-refractivity contribution in [2.45, 2.75) is 0 Å². The van der Waals surface area contributed by atoms with Crippen LogP contribution in [0.2, 0.25) is 0 Å². The summed E-state index contributed by atoms with van der Waals surface area (Å²) in [6, 6.07) is 44.4. The van der Waals surface area contributed by atoms with Gasteiger partial charge in [0.2, 0.25) is 0 Å². The lowest BCUT2D eigenvalue weighted by Crippen LogP contribution is -2.01. The van der Waals surface area contributed by atoms with E-state index < -0.39 is 0 Å². The lowest BCUT2D eigenvalue weighted by molar-refractivity contribution is 1.08. The molecule has 2 heterocycles. The Morgan fingerprint density at radius 1 is 0.359 bits per heavy atom. The molecule has 0 amide bonds. The molecule has 0 bridgehead atoms. The van der Waals surface area contributed by atoms with Crippen molar-refractivity contribution in [2.75, 3.05) is 0 Å². The lowest BCUT2D eigenvalue weighted by atomic mass is 10.0. The SMILES string of the molecule is c1ccc2c(-c3nc(-c4cccc5ccccc45)nc(-c4cccc5sc6ccccc6c45)n3)cccc2c1. The highest BCUT2D eigenvalue weighted by atomic mass is 32.1. The number of fused-ring (bicyclic) bond motifs is 5. The Morgan fingerprint density at radius 3 is 1.44 bits per heavy atom. The van der Waals surface area contributed by atoms with E-state index >= 15 is 0 Å². The second kappa shape index (κ2) is 8.83. The van der Waals surface area contributed by atoms with Crippen LogP contribution in [0.15, 0.2) is 127 Å². The molecule has 8 aromatic rings. The molecule has 39 heavy (non-hydrogen) atoms. The first kappa shape index (κ1) is 22.1. The number of hydrogen-bond donors (Lipinski definition) is 0. The third kappa shape index (κ3) is 3.61. The quantitative estimate of drug-likeness (QED) is 0.235. The number of aromatic nitrogens is 3. The largest absolute Gasteiger partial charge is 0.208 e.